The van der Waals surface area contributed by atoms with Gasteiger partial charge in [-0.3, -0.25) is 4.79 Å². The number of amides is 1. The van der Waals surface area contributed by atoms with Crippen LogP contribution < -0.4 is 20.5 Å². The number of rotatable bonds is 7. The van der Waals surface area contributed by atoms with Gasteiger partial charge in [0.25, 0.3) is 5.91 Å². The van der Waals surface area contributed by atoms with Crippen molar-refractivity contribution in [2.75, 3.05) is 13.7 Å². The van der Waals surface area contributed by atoms with Crippen LogP contribution in [0.1, 0.15) is 38.1 Å². The number of benzene rings is 1. The van der Waals surface area contributed by atoms with Gasteiger partial charge in [-0.1, -0.05) is 0 Å². The lowest BCUT2D eigenvalue weighted by molar-refractivity contribution is 0.0946. The van der Waals surface area contributed by atoms with Crippen LogP contribution in [0.2, 0.25) is 0 Å². The Labute approximate surface area is 149 Å². The fourth-order valence-electron chi connectivity index (χ4n) is 1.81. The van der Waals surface area contributed by atoms with Gasteiger partial charge >= 0.3 is 0 Å². The molecule has 138 valence electrons. The summed E-state index contributed by atoms with van der Waals surface area (Å²) in [6, 6.07) is 3.98. The molecule has 0 radical (unpaired) electrons. The van der Waals surface area contributed by atoms with Crippen LogP contribution in [-0.4, -0.2) is 39.6 Å². The highest BCUT2D eigenvalue weighted by molar-refractivity contribution is 7.89. The molecule has 0 saturated carbocycles. The van der Waals surface area contributed by atoms with E-state index in [0.29, 0.717) is 0 Å². The number of nitrogens with two attached hydrogens (primary N) is 1. The number of hydrogen-bond acceptors (Lipinski definition) is 5. The molecule has 0 fully saturated rings. The highest BCUT2D eigenvalue weighted by Gasteiger charge is 2.23. The third kappa shape index (κ3) is 6.64. The third-order valence-corrected chi connectivity index (χ3v) is 4.49. The average Bonchev–Trinajstić information content (AvgIpc) is 2.41. The number of carbonyl (C=O) groups is 1. The van der Waals surface area contributed by atoms with Gasteiger partial charge < -0.3 is 15.8 Å². The van der Waals surface area contributed by atoms with E-state index in [-0.39, 0.29) is 41.2 Å². The Morgan fingerprint density at radius 1 is 1.33 bits per heavy atom. The molecule has 4 N–H and O–H groups in total. The fraction of sp³-hybridized carbons (Fsp3) is 0.533. The Morgan fingerprint density at radius 3 is 2.38 bits per heavy atom. The molecule has 1 aromatic rings. The van der Waals surface area contributed by atoms with Crippen molar-refractivity contribution in [1.29, 1.82) is 0 Å². The number of halogens is 1. The summed E-state index contributed by atoms with van der Waals surface area (Å²) in [5.74, 6) is -0.221. The van der Waals surface area contributed by atoms with Gasteiger partial charge in [0.2, 0.25) is 10.0 Å². The molecule has 0 bridgehead atoms. The molecule has 0 unspecified atom stereocenters. The Kier molecular flexibility index (Phi) is 8.17. The van der Waals surface area contributed by atoms with Gasteiger partial charge in [0.15, 0.2) is 0 Å². The molecular weight excluding hydrogens is 354 g/mol. The van der Waals surface area contributed by atoms with Gasteiger partial charge in [-0.25, -0.2) is 13.1 Å². The summed E-state index contributed by atoms with van der Waals surface area (Å²) in [7, 11) is -2.41. The largest absolute Gasteiger partial charge is 0.495 e. The first-order valence-corrected chi connectivity index (χ1v) is 8.72. The molecule has 0 aromatic heterocycles. The van der Waals surface area contributed by atoms with Crippen LogP contribution in [0.15, 0.2) is 23.1 Å². The second-order valence-corrected chi connectivity index (χ2v) is 8.00. The first-order valence-electron chi connectivity index (χ1n) is 7.24. The lowest BCUT2D eigenvalue weighted by Gasteiger charge is -2.19. The normalized spacial score (nSPS) is 11.8. The monoisotopic (exact) mass is 379 g/mol. The minimum absolute atomic E-state index is 0. The second-order valence-electron chi connectivity index (χ2n) is 6.31. The van der Waals surface area contributed by atoms with E-state index in [1.807, 2.05) is 0 Å². The summed E-state index contributed by atoms with van der Waals surface area (Å²) >= 11 is 0. The van der Waals surface area contributed by atoms with Crippen molar-refractivity contribution in [3.63, 3.8) is 0 Å². The van der Waals surface area contributed by atoms with Crippen LogP contribution in [0, 0.1) is 0 Å². The molecule has 9 heteroatoms. The molecule has 0 saturated heterocycles. The van der Waals surface area contributed by atoms with E-state index in [1.165, 1.54) is 25.3 Å². The molecule has 1 rings (SSSR count). The molecule has 0 atom stereocenters. The van der Waals surface area contributed by atoms with Gasteiger partial charge in [0.1, 0.15) is 10.6 Å². The Balaban J connectivity index is 0.00000529. The third-order valence-electron chi connectivity index (χ3n) is 2.81. The van der Waals surface area contributed by atoms with Crippen molar-refractivity contribution in [2.24, 2.45) is 5.73 Å². The van der Waals surface area contributed by atoms with Gasteiger partial charge in [0, 0.05) is 23.7 Å². The first kappa shape index (κ1) is 22.6. The number of sulfonamides is 1. The number of carbonyl (C=O) groups excluding carboxylic acids is 1. The van der Waals surface area contributed by atoms with E-state index in [4.69, 9.17) is 10.5 Å². The second kappa shape index (κ2) is 8.66. The SMILES string of the molecule is COc1ccc(C(=O)NCC(C)(C)N)cc1S(=O)(=O)NC(C)C.Cl. The minimum Gasteiger partial charge on any atom is -0.495 e. The van der Waals surface area contributed by atoms with Crippen LogP contribution in [-0.2, 0) is 10.0 Å². The predicted octanol–water partition coefficient (Wildman–Crippen LogP) is 1.27. The molecule has 0 aliphatic heterocycles. The summed E-state index contributed by atoms with van der Waals surface area (Å²) in [6.07, 6.45) is 0. The van der Waals surface area contributed by atoms with Crippen LogP contribution in [0.3, 0.4) is 0 Å². The van der Waals surface area contributed by atoms with Gasteiger partial charge in [-0.05, 0) is 45.9 Å². The minimum atomic E-state index is -3.78. The van der Waals surface area contributed by atoms with Crippen molar-refractivity contribution in [3.05, 3.63) is 23.8 Å². The quantitative estimate of drug-likeness (QED) is 0.660. The zero-order chi connectivity index (χ0) is 17.8. The zero-order valence-electron chi connectivity index (χ0n) is 14.5. The summed E-state index contributed by atoms with van der Waals surface area (Å²) in [6.45, 7) is 7.26. The van der Waals surface area contributed by atoms with E-state index in [2.05, 4.69) is 10.0 Å². The summed E-state index contributed by atoms with van der Waals surface area (Å²) in [5.41, 5.74) is 5.48. The van der Waals surface area contributed by atoms with Crippen molar-refractivity contribution in [1.82, 2.24) is 10.0 Å². The average molecular weight is 380 g/mol. The summed E-state index contributed by atoms with van der Waals surface area (Å²) in [4.78, 5) is 12.1. The Hall–Kier alpha value is -1.35. The Morgan fingerprint density at radius 2 is 1.92 bits per heavy atom. The lowest BCUT2D eigenvalue weighted by atomic mass is 10.1. The number of ether oxygens (including phenoxy) is 1. The van der Waals surface area contributed by atoms with Gasteiger partial charge in [0.05, 0.1) is 7.11 Å². The molecule has 0 aliphatic carbocycles. The Bertz CT molecular complexity index is 670. The molecule has 1 aromatic carbocycles. The van der Waals surface area contributed by atoms with E-state index >= 15 is 0 Å². The van der Waals surface area contributed by atoms with E-state index in [9.17, 15) is 13.2 Å². The first-order chi connectivity index (χ1) is 10.5. The standard InChI is InChI=1S/C15H25N3O4S.ClH/c1-10(2)18-23(20,21)13-8-11(6-7-12(13)22-5)14(19)17-9-15(3,4)16;/h6-8,10,18H,9,16H2,1-5H3,(H,17,19);1H. The highest BCUT2D eigenvalue weighted by atomic mass is 35.5. The van der Waals surface area contributed by atoms with Crippen molar-refractivity contribution in [3.8, 4) is 5.75 Å². The van der Waals surface area contributed by atoms with Gasteiger partial charge in [-0.2, -0.15) is 0 Å². The fourth-order valence-corrected chi connectivity index (χ4v) is 3.26. The molecule has 0 spiro atoms. The molecular formula is C15H26ClN3O4S. The van der Waals surface area contributed by atoms with Crippen molar-refractivity contribution >= 4 is 28.3 Å². The van der Waals surface area contributed by atoms with E-state index in [1.54, 1.807) is 27.7 Å². The predicted molar refractivity (Wildman–Crippen MR) is 96.3 cm³/mol. The topological polar surface area (TPSA) is 111 Å². The summed E-state index contributed by atoms with van der Waals surface area (Å²) in [5, 5.41) is 2.68. The van der Waals surface area contributed by atoms with E-state index < -0.39 is 21.5 Å². The number of hydrogen-bond donors (Lipinski definition) is 3. The van der Waals surface area contributed by atoms with Crippen LogP contribution >= 0.6 is 12.4 Å². The smallest absolute Gasteiger partial charge is 0.251 e. The van der Waals surface area contributed by atoms with Crippen LogP contribution in [0.5, 0.6) is 5.75 Å². The van der Waals surface area contributed by atoms with Crippen molar-refractivity contribution < 1.29 is 17.9 Å². The molecule has 0 aliphatic rings. The molecule has 0 heterocycles. The van der Waals surface area contributed by atoms with Gasteiger partial charge in [-0.15, -0.1) is 12.4 Å². The van der Waals surface area contributed by atoms with Crippen LogP contribution in [0.4, 0.5) is 0 Å². The lowest BCUT2D eigenvalue weighted by Crippen LogP contribution is -2.45. The number of nitrogens with one attached hydrogen (secondary N) is 2. The molecule has 24 heavy (non-hydrogen) atoms. The molecule has 7 nitrogen and oxygen atoms in total. The van der Waals surface area contributed by atoms with Crippen LogP contribution in [0.25, 0.3) is 0 Å². The van der Waals surface area contributed by atoms with E-state index in [0.717, 1.165) is 0 Å². The maximum atomic E-state index is 12.4. The summed E-state index contributed by atoms with van der Waals surface area (Å²) < 4.78 is 32.3. The highest BCUT2D eigenvalue weighted by Crippen LogP contribution is 2.25. The number of methoxy groups -OCH3 is 1. The molecule has 1 amide bonds. The zero-order valence-corrected chi connectivity index (χ0v) is 16.2. The maximum absolute atomic E-state index is 12.4. The maximum Gasteiger partial charge on any atom is 0.251 e. The van der Waals surface area contributed by atoms with Crippen molar-refractivity contribution in [2.45, 2.75) is 44.2 Å².